The van der Waals surface area contributed by atoms with Crippen LogP contribution in [0.4, 0.5) is 0 Å². The van der Waals surface area contributed by atoms with Crippen LogP contribution in [0.1, 0.15) is 40.5 Å². The number of likely N-dealkylation sites (tertiary alicyclic amines) is 1. The molecular weight excluding hydrogens is 200 g/mol. The van der Waals surface area contributed by atoms with E-state index in [-0.39, 0.29) is 11.0 Å². The van der Waals surface area contributed by atoms with Crippen LogP contribution < -0.4 is 5.73 Å². The first kappa shape index (κ1) is 13.9. The van der Waals surface area contributed by atoms with Crippen LogP contribution in [0, 0.1) is 5.41 Å². The van der Waals surface area contributed by atoms with E-state index in [0.717, 1.165) is 13.1 Å². The molecule has 1 fully saturated rings. The van der Waals surface area contributed by atoms with E-state index in [2.05, 4.69) is 32.6 Å². The highest BCUT2D eigenvalue weighted by Crippen LogP contribution is 2.30. The van der Waals surface area contributed by atoms with Crippen LogP contribution in [-0.4, -0.2) is 43.3 Å². The van der Waals surface area contributed by atoms with E-state index in [9.17, 15) is 0 Å². The fourth-order valence-electron chi connectivity index (χ4n) is 2.11. The molecule has 96 valence electrons. The Hall–Kier alpha value is -0.120. The minimum absolute atomic E-state index is 0.128. The lowest BCUT2D eigenvalue weighted by molar-refractivity contribution is 0.00877. The second-order valence-electron chi connectivity index (χ2n) is 6.34. The van der Waals surface area contributed by atoms with Crippen molar-refractivity contribution in [2.24, 2.45) is 11.1 Å². The highest BCUT2D eigenvalue weighted by Gasteiger charge is 2.36. The van der Waals surface area contributed by atoms with Crippen molar-refractivity contribution < 1.29 is 4.74 Å². The molecule has 3 nitrogen and oxygen atoms in total. The van der Waals surface area contributed by atoms with Gasteiger partial charge in [-0.05, 0) is 38.6 Å². The quantitative estimate of drug-likeness (QED) is 0.798. The van der Waals surface area contributed by atoms with Crippen LogP contribution >= 0.6 is 0 Å². The van der Waals surface area contributed by atoms with E-state index in [0.29, 0.717) is 6.10 Å². The number of ether oxygens (including phenoxy) is 1. The van der Waals surface area contributed by atoms with Gasteiger partial charge in [0.15, 0.2) is 0 Å². The molecule has 0 aliphatic carbocycles. The number of rotatable bonds is 4. The van der Waals surface area contributed by atoms with Gasteiger partial charge in [0.05, 0.1) is 6.10 Å². The first-order valence-corrected chi connectivity index (χ1v) is 6.30. The van der Waals surface area contributed by atoms with E-state index in [1.165, 1.54) is 19.4 Å². The third-order valence-corrected chi connectivity index (χ3v) is 4.16. The summed E-state index contributed by atoms with van der Waals surface area (Å²) in [6.45, 7) is 12.0. The number of hydrogen-bond acceptors (Lipinski definition) is 3. The first-order chi connectivity index (χ1) is 7.26. The molecule has 1 saturated heterocycles. The van der Waals surface area contributed by atoms with Crippen LogP contribution in [-0.2, 0) is 4.74 Å². The summed E-state index contributed by atoms with van der Waals surface area (Å²) in [4.78, 5) is 2.49. The molecule has 0 radical (unpaired) electrons. The predicted octanol–water partition coefficient (Wildman–Crippen LogP) is 1.86. The molecule has 16 heavy (non-hydrogen) atoms. The number of piperidine rings is 1. The van der Waals surface area contributed by atoms with Crippen LogP contribution in [0.5, 0.6) is 0 Å². The SMILES string of the molecule is COC1CCCN(CC(C)(C)C(C)(C)N)C1. The molecule has 1 rings (SSSR count). The van der Waals surface area contributed by atoms with Gasteiger partial charge in [0, 0.05) is 25.7 Å². The summed E-state index contributed by atoms with van der Waals surface area (Å²) in [5.74, 6) is 0. The van der Waals surface area contributed by atoms with E-state index in [1.54, 1.807) is 0 Å². The summed E-state index contributed by atoms with van der Waals surface area (Å²) in [5.41, 5.74) is 6.22. The van der Waals surface area contributed by atoms with E-state index in [1.807, 2.05) is 7.11 Å². The van der Waals surface area contributed by atoms with Gasteiger partial charge in [-0.2, -0.15) is 0 Å². The Bertz CT molecular complexity index is 220. The molecule has 0 bridgehead atoms. The second kappa shape index (κ2) is 5.03. The largest absolute Gasteiger partial charge is 0.380 e. The molecule has 3 heteroatoms. The van der Waals surface area contributed by atoms with Crippen LogP contribution in [0.3, 0.4) is 0 Å². The highest BCUT2D eigenvalue weighted by atomic mass is 16.5. The van der Waals surface area contributed by atoms with Gasteiger partial charge in [-0.25, -0.2) is 0 Å². The second-order valence-corrected chi connectivity index (χ2v) is 6.34. The first-order valence-electron chi connectivity index (χ1n) is 6.30. The number of nitrogens with two attached hydrogens (primary N) is 1. The molecule has 0 saturated carbocycles. The van der Waals surface area contributed by atoms with Crippen molar-refractivity contribution in [2.45, 2.75) is 52.2 Å². The van der Waals surface area contributed by atoms with Crippen LogP contribution in [0.2, 0.25) is 0 Å². The van der Waals surface area contributed by atoms with Gasteiger partial charge in [-0.15, -0.1) is 0 Å². The van der Waals surface area contributed by atoms with Gasteiger partial charge in [-0.1, -0.05) is 13.8 Å². The van der Waals surface area contributed by atoms with Crippen LogP contribution in [0.15, 0.2) is 0 Å². The number of nitrogens with zero attached hydrogens (tertiary/aromatic N) is 1. The highest BCUT2D eigenvalue weighted by molar-refractivity contribution is 4.93. The summed E-state index contributed by atoms with van der Waals surface area (Å²) in [6, 6.07) is 0. The van der Waals surface area contributed by atoms with Crippen molar-refractivity contribution in [3.8, 4) is 0 Å². The molecule has 0 aromatic rings. The molecule has 0 amide bonds. The third-order valence-electron chi connectivity index (χ3n) is 4.16. The molecule has 0 spiro atoms. The smallest absolute Gasteiger partial charge is 0.0698 e. The molecule has 0 aromatic heterocycles. The zero-order valence-electron chi connectivity index (χ0n) is 11.5. The Morgan fingerprint density at radius 3 is 2.44 bits per heavy atom. The van der Waals surface area contributed by atoms with Crippen LogP contribution in [0.25, 0.3) is 0 Å². The Labute approximate surface area is 100 Å². The van der Waals surface area contributed by atoms with Gasteiger partial charge in [0.2, 0.25) is 0 Å². The van der Waals surface area contributed by atoms with Gasteiger partial charge in [0.1, 0.15) is 0 Å². The zero-order valence-corrected chi connectivity index (χ0v) is 11.5. The fourth-order valence-corrected chi connectivity index (χ4v) is 2.11. The van der Waals surface area contributed by atoms with E-state index >= 15 is 0 Å². The topological polar surface area (TPSA) is 38.5 Å². The van der Waals surface area contributed by atoms with Crippen molar-refractivity contribution in [3.63, 3.8) is 0 Å². The maximum Gasteiger partial charge on any atom is 0.0698 e. The van der Waals surface area contributed by atoms with Gasteiger partial charge >= 0.3 is 0 Å². The molecular formula is C13H28N2O. The zero-order chi connectivity index (χ0) is 12.4. The Balaban J connectivity index is 2.53. The minimum Gasteiger partial charge on any atom is -0.380 e. The number of hydrogen-bond donors (Lipinski definition) is 1. The van der Waals surface area contributed by atoms with E-state index < -0.39 is 0 Å². The minimum atomic E-state index is -0.146. The van der Waals surface area contributed by atoms with Crippen molar-refractivity contribution in [2.75, 3.05) is 26.7 Å². The van der Waals surface area contributed by atoms with Gasteiger partial charge in [0.25, 0.3) is 0 Å². The monoisotopic (exact) mass is 228 g/mol. The molecule has 1 unspecified atom stereocenters. The number of methoxy groups -OCH3 is 1. The standard InChI is InChI=1S/C13H28N2O/c1-12(2,13(3,4)14)10-15-8-6-7-11(9-15)16-5/h11H,6-10,14H2,1-5H3. The molecule has 1 aliphatic heterocycles. The Morgan fingerprint density at radius 2 is 1.94 bits per heavy atom. The maximum atomic E-state index is 6.24. The van der Waals surface area contributed by atoms with Crippen molar-refractivity contribution in [1.29, 1.82) is 0 Å². The summed E-state index contributed by atoms with van der Waals surface area (Å²) in [6.07, 6.45) is 2.84. The summed E-state index contributed by atoms with van der Waals surface area (Å²) in [5, 5.41) is 0. The summed E-state index contributed by atoms with van der Waals surface area (Å²) in [7, 11) is 1.81. The lowest BCUT2D eigenvalue weighted by Gasteiger charge is -2.44. The molecule has 1 aliphatic rings. The molecule has 0 aromatic carbocycles. The maximum absolute atomic E-state index is 6.24. The average Bonchev–Trinajstić information content (AvgIpc) is 2.15. The molecule has 2 N–H and O–H groups in total. The van der Waals surface area contributed by atoms with Gasteiger partial charge < -0.3 is 15.4 Å². The van der Waals surface area contributed by atoms with Crippen molar-refractivity contribution in [1.82, 2.24) is 4.90 Å². The Morgan fingerprint density at radius 1 is 1.31 bits per heavy atom. The van der Waals surface area contributed by atoms with Crippen molar-refractivity contribution >= 4 is 0 Å². The normalized spacial score (nSPS) is 24.8. The third kappa shape index (κ3) is 3.44. The Kier molecular flexibility index (Phi) is 4.38. The summed E-state index contributed by atoms with van der Waals surface area (Å²) >= 11 is 0. The predicted molar refractivity (Wildman–Crippen MR) is 68.5 cm³/mol. The molecule has 1 atom stereocenters. The average molecular weight is 228 g/mol. The fraction of sp³-hybridized carbons (Fsp3) is 1.00. The van der Waals surface area contributed by atoms with Crippen molar-refractivity contribution in [3.05, 3.63) is 0 Å². The summed E-state index contributed by atoms with van der Waals surface area (Å²) < 4.78 is 5.45. The molecule has 1 heterocycles. The van der Waals surface area contributed by atoms with E-state index in [4.69, 9.17) is 10.5 Å². The van der Waals surface area contributed by atoms with Gasteiger partial charge in [-0.3, -0.25) is 0 Å². The lowest BCUT2D eigenvalue weighted by Crippen LogP contribution is -2.54. The lowest BCUT2D eigenvalue weighted by atomic mass is 9.74.